The maximum Gasteiger partial charge on any atom is 0.250 e. The molecule has 6 N–H and O–H groups in total. The van der Waals surface area contributed by atoms with Crippen molar-refractivity contribution in [1.29, 1.82) is 0 Å². The molecule has 0 aliphatic rings. The highest BCUT2D eigenvalue weighted by atomic mass is 32.3. The van der Waals surface area contributed by atoms with Crippen molar-refractivity contribution in [2.24, 2.45) is 10.8 Å². The average molecular weight is 322 g/mol. The fourth-order valence-electron chi connectivity index (χ4n) is 1.61. The quantitative estimate of drug-likeness (QED) is 0.422. The molecule has 1 aromatic carbocycles. The van der Waals surface area contributed by atoms with E-state index in [2.05, 4.69) is 15.5 Å². The van der Waals surface area contributed by atoms with Gasteiger partial charge in [0.1, 0.15) is 16.7 Å². The highest BCUT2D eigenvalue weighted by Crippen LogP contribution is 2.44. The zero-order chi connectivity index (χ0) is 16.2. The molecule has 0 aliphatic carbocycles. The van der Waals surface area contributed by atoms with Gasteiger partial charge in [-0.1, -0.05) is 18.2 Å². The van der Waals surface area contributed by atoms with Gasteiger partial charge in [0.25, 0.3) is 0 Å². The molecule has 0 saturated carbocycles. The first kappa shape index (κ1) is 15.9. The van der Waals surface area contributed by atoms with Crippen LogP contribution in [0.4, 0.5) is 5.82 Å². The molecule has 0 atom stereocenters. The topological polar surface area (TPSA) is 141 Å². The lowest BCUT2D eigenvalue weighted by Gasteiger charge is -2.20. The summed E-state index contributed by atoms with van der Waals surface area (Å²) in [6.45, 7) is 0. The second kappa shape index (κ2) is 6.54. The van der Waals surface area contributed by atoms with Gasteiger partial charge in [-0.05, 0) is 18.2 Å². The minimum atomic E-state index is -3.83. The number of rotatable bonds is 5. The minimum absolute atomic E-state index is 0.0300. The number of aromatic nitrogens is 1. The Morgan fingerprint density at radius 2 is 1.95 bits per heavy atom. The van der Waals surface area contributed by atoms with E-state index in [9.17, 15) is 18.5 Å². The Balaban J connectivity index is 2.12. The number of hydrogen-bond donors (Lipinski definition) is 5. The monoisotopic (exact) mass is 322 g/mol. The van der Waals surface area contributed by atoms with Crippen LogP contribution in [0.15, 0.2) is 52.6 Å². The van der Waals surface area contributed by atoms with Gasteiger partial charge in [-0.25, -0.2) is 4.98 Å². The number of anilines is 1. The Bertz CT molecular complexity index is 698. The summed E-state index contributed by atoms with van der Waals surface area (Å²) in [6.07, 6.45) is 2.61. The van der Waals surface area contributed by atoms with Gasteiger partial charge in [-0.2, -0.15) is 5.10 Å². The van der Waals surface area contributed by atoms with E-state index in [4.69, 9.17) is 5.73 Å². The van der Waals surface area contributed by atoms with Gasteiger partial charge >= 0.3 is 0 Å². The number of benzene rings is 1. The van der Waals surface area contributed by atoms with E-state index in [1.54, 1.807) is 18.2 Å². The fraction of sp³-hybridized carbons (Fsp3) is 0. The number of carbonyl (C=O) groups is 1. The average Bonchev–Trinajstić information content (AvgIpc) is 2.47. The van der Waals surface area contributed by atoms with Crippen molar-refractivity contribution in [3.63, 3.8) is 0 Å². The third-order valence-electron chi connectivity index (χ3n) is 2.64. The normalized spacial score (nSPS) is 12.3. The van der Waals surface area contributed by atoms with E-state index < -0.39 is 16.8 Å². The predicted octanol–water partition coefficient (Wildman–Crippen LogP) is 2.21. The first-order valence-electron chi connectivity index (χ1n) is 6.02. The van der Waals surface area contributed by atoms with Crippen LogP contribution >= 0.6 is 10.9 Å². The predicted molar refractivity (Wildman–Crippen MR) is 84.2 cm³/mol. The standard InChI is InChI=1S/C13H14N4O4S/c14-13(18)10-5-6-12(15-7-10)17-16-8-9-3-1-2-4-11(9)22(19,20)21/h1-8,19-21H,(H2,14,18)(H,15,17)/b16-8+. The molecule has 0 bridgehead atoms. The Labute approximate surface area is 127 Å². The Hall–Kier alpha value is -2.46. The number of nitrogens with zero attached hydrogens (tertiary/aromatic N) is 2. The first-order valence-corrected chi connectivity index (χ1v) is 7.53. The van der Waals surface area contributed by atoms with Crippen molar-refractivity contribution in [1.82, 2.24) is 4.98 Å². The molecule has 9 heteroatoms. The summed E-state index contributed by atoms with van der Waals surface area (Å²) in [6, 6.07) is 9.18. The zero-order valence-electron chi connectivity index (χ0n) is 11.2. The largest absolute Gasteiger partial charge is 0.366 e. The van der Waals surface area contributed by atoms with Crippen LogP contribution in [-0.2, 0) is 0 Å². The van der Waals surface area contributed by atoms with Gasteiger partial charge in [-0.3, -0.25) is 10.2 Å². The van der Waals surface area contributed by atoms with Crippen molar-refractivity contribution in [2.75, 3.05) is 5.43 Å². The highest BCUT2D eigenvalue weighted by Gasteiger charge is 2.18. The van der Waals surface area contributed by atoms with Crippen LogP contribution in [0.1, 0.15) is 15.9 Å². The smallest absolute Gasteiger partial charge is 0.250 e. The summed E-state index contributed by atoms with van der Waals surface area (Å²) in [5.41, 5.74) is 8.32. The van der Waals surface area contributed by atoms with Gasteiger partial charge in [0.05, 0.1) is 16.7 Å². The zero-order valence-corrected chi connectivity index (χ0v) is 12.1. The van der Waals surface area contributed by atoms with E-state index in [-0.39, 0.29) is 10.5 Å². The lowest BCUT2D eigenvalue weighted by atomic mass is 10.2. The van der Waals surface area contributed by atoms with E-state index in [0.717, 1.165) is 0 Å². The molecule has 1 amide bonds. The van der Waals surface area contributed by atoms with Gasteiger partial charge in [-0.15, -0.1) is 0 Å². The van der Waals surface area contributed by atoms with Gasteiger partial charge in [0, 0.05) is 11.8 Å². The summed E-state index contributed by atoms with van der Waals surface area (Å²) in [4.78, 5) is 14.8. The van der Waals surface area contributed by atoms with Gasteiger partial charge < -0.3 is 19.4 Å². The van der Waals surface area contributed by atoms with E-state index >= 15 is 0 Å². The van der Waals surface area contributed by atoms with Crippen LogP contribution in [-0.4, -0.2) is 30.8 Å². The fourth-order valence-corrected chi connectivity index (χ4v) is 2.31. The SMILES string of the molecule is NC(=O)c1ccc(N/N=C/c2ccccc2S(O)(O)O)nc1. The molecular formula is C13H14N4O4S. The number of hydrazone groups is 1. The molecule has 0 radical (unpaired) electrons. The summed E-state index contributed by atoms with van der Waals surface area (Å²) >= 11 is 0. The van der Waals surface area contributed by atoms with Crippen LogP contribution in [0.5, 0.6) is 0 Å². The van der Waals surface area contributed by atoms with E-state index in [1.165, 1.54) is 30.6 Å². The van der Waals surface area contributed by atoms with E-state index in [0.29, 0.717) is 11.4 Å². The molecule has 22 heavy (non-hydrogen) atoms. The van der Waals surface area contributed by atoms with Crippen LogP contribution < -0.4 is 11.2 Å². The molecule has 8 nitrogen and oxygen atoms in total. The molecule has 1 heterocycles. The molecule has 0 fully saturated rings. The summed E-state index contributed by atoms with van der Waals surface area (Å²) in [5, 5.41) is 3.89. The third kappa shape index (κ3) is 4.02. The van der Waals surface area contributed by atoms with Crippen molar-refractivity contribution in [3.8, 4) is 0 Å². The number of hydrogen-bond acceptors (Lipinski definition) is 7. The molecule has 0 spiro atoms. The van der Waals surface area contributed by atoms with Crippen molar-refractivity contribution >= 4 is 28.8 Å². The highest BCUT2D eigenvalue weighted by molar-refractivity contribution is 8.19. The number of primary amides is 1. The summed E-state index contributed by atoms with van der Waals surface area (Å²) in [5.74, 6) is -0.209. The molecule has 116 valence electrons. The maximum atomic E-state index is 10.9. The molecular weight excluding hydrogens is 308 g/mol. The Morgan fingerprint density at radius 3 is 2.55 bits per heavy atom. The molecule has 0 unspecified atom stereocenters. The van der Waals surface area contributed by atoms with Crippen molar-refractivity contribution < 1.29 is 18.5 Å². The number of carbonyl (C=O) groups excluding carboxylic acids is 1. The third-order valence-corrected chi connectivity index (χ3v) is 3.61. The van der Waals surface area contributed by atoms with Gasteiger partial charge in [0.2, 0.25) is 5.91 Å². The van der Waals surface area contributed by atoms with Crippen LogP contribution in [0.3, 0.4) is 0 Å². The Kier molecular flexibility index (Phi) is 4.73. The van der Waals surface area contributed by atoms with Gasteiger partial charge in [0.15, 0.2) is 0 Å². The number of pyridine rings is 1. The van der Waals surface area contributed by atoms with E-state index in [1.807, 2.05) is 0 Å². The molecule has 0 saturated heterocycles. The second-order valence-corrected chi connectivity index (χ2v) is 5.70. The number of nitrogens with one attached hydrogen (secondary N) is 1. The Morgan fingerprint density at radius 1 is 1.23 bits per heavy atom. The number of amides is 1. The molecule has 0 aliphatic heterocycles. The van der Waals surface area contributed by atoms with Crippen molar-refractivity contribution in [2.45, 2.75) is 4.90 Å². The van der Waals surface area contributed by atoms with Crippen LogP contribution in [0.25, 0.3) is 0 Å². The van der Waals surface area contributed by atoms with Crippen LogP contribution in [0, 0.1) is 0 Å². The second-order valence-electron chi connectivity index (χ2n) is 4.22. The molecule has 1 aromatic heterocycles. The van der Waals surface area contributed by atoms with Crippen molar-refractivity contribution in [3.05, 3.63) is 53.7 Å². The molecule has 2 aromatic rings. The first-order chi connectivity index (χ1) is 10.4. The maximum absolute atomic E-state index is 10.9. The molecule has 2 rings (SSSR count). The van der Waals surface area contributed by atoms with Crippen LogP contribution in [0.2, 0.25) is 0 Å². The summed E-state index contributed by atoms with van der Waals surface area (Å²) < 4.78 is 28.0. The lowest BCUT2D eigenvalue weighted by molar-refractivity contribution is 0.1000. The summed E-state index contributed by atoms with van der Waals surface area (Å²) in [7, 11) is -3.83. The lowest BCUT2D eigenvalue weighted by Crippen LogP contribution is -2.11. The number of nitrogens with two attached hydrogens (primary N) is 1. The minimum Gasteiger partial charge on any atom is -0.366 e.